The van der Waals surface area contributed by atoms with Gasteiger partial charge in [0, 0.05) is 58.4 Å². The monoisotopic (exact) mass is 330 g/mol. The third kappa shape index (κ3) is 2.66. The predicted octanol–water partition coefficient (Wildman–Crippen LogP) is 3.29. The van der Waals surface area contributed by atoms with E-state index in [4.69, 9.17) is 0 Å². The fraction of sp³-hybridized carbons (Fsp3) is 0.579. The van der Waals surface area contributed by atoms with Gasteiger partial charge in [-0.2, -0.15) is 0 Å². The van der Waals surface area contributed by atoms with E-state index in [-0.39, 0.29) is 0 Å². The van der Waals surface area contributed by atoms with Crippen LogP contribution in [0.5, 0.6) is 0 Å². The van der Waals surface area contributed by atoms with Gasteiger partial charge in [0.25, 0.3) is 0 Å². The highest BCUT2D eigenvalue weighted by Crippen LogP contribution is 2.44. The maximum absolute atomic E-state index is 11.8. The molecule has 1 aromatic heterocycles. The van der Waals surface area contributed by atoms with Gasteiger partial charge in [-0.05, 0) is 48.9 Å². The van der Waals surface area contributed by atoms with E-state index in [0.29, 0.717) is 17.9 Å². The number of piperidine rings is 1. The highest BCUT2D eigenvalue weighted by Gasteiger charge is 2.40. The van der Waals surface area contributed by atoms with Gasteiger partial charge in [-0.15, -0.1) is 0 Å². The van der Waals surface area contributed by atoms with Crippen LogP contribution in [0.4, 0.5) is 0 Å². The van der Waals surface area contributed by atoms with Gasteiger partial charge in [0.05, 0.1) is 0 Å². The second-order valence-corrected chi connectivity index (χ2v) is 8.78. The van der Waals surface area contributed by atoms with Crippen LogP contribution in [-0.4, -0.2) is 45.2 Å². The minimum atomic E-state index is -0.701. The van der Waals surface area contributed by atoms with Gasteiger partial charge in [0.2, 0.25) is 0 Å². The number of aromatic nitrogens is 1. The Morgan fingerprint density at radius 3 is 3.04 bits per heavy atom. The van der Waals surface area contributed by atoms with Crippen LogP contribution in [-0.2, 0) is 17.2 Å². The molecule has 0 saturated carbocycles. The van der Waals surface area contributed by atoms with Crippen molar-refractivity contribution in [3.8, 4) is 0 Å². The Bertz CT molecular complexity index is 738. The Kier molecular flexibility index (Phi) is 4.06. The van der Waals surface area contributed by atoms with Crippen LogP contribution >= 0.6 is 0 Å². The number of hydrogen-bond acceptors (Lipinski definition) is 2. The van der Waals surface area contributed by atoms with Gasteiger partial charge in [0.15, 0.2) is 0 Å². The van der Waals surface area contributed by atoms with Crippen LogP contribution in [0.25, 0.3) is 10.9 Å². The molecule has 2 aromatic rings. The number of nitrogens with one attached hydrogen (secondary N) is 1. The molecule has 1 fully saturated rings. The first-order valence-electron chi connectivity index (χ1n) is 8.80. The topological polar surface area (TPSA) is 36.1 Å². The first-order valence-corrected chi connectivity index (χ1v) is 10.5. The molecule has 1 aliphatic carbocycles. The first kappa shape index (κ1) is 15.4. The zero-order valence-corrected chi connectivity index (χ0v) is 14.9. The normalized spacial score (nSPS) is 28.7. The Hall–Kier alpha value is -1.13. The number of H-pyrrole nitrogens is 1. The van der Waals surface area contributed by atoms with Gasteiger partial charge in [-0.3, -0.25) is 9.11 Å². The van der Waals surface area contributed by atoms with Crippen molar-refractivity contribution in [2.75, 3.05) is 25.1 Å². The van der Waals surface area contributed by atoms with E-state index < -0.39 is 10.8 Å². The number of benzene rings is 1. The van der Waals surface area contributed by atoms with Crippen molar-refractivity contribution in [3.63, 3.8) is 0 Å². The molecule has 4 heteroatoms. The van der Waals surface area contributed by atoms with Crippen LogP contribution in [0.2, 0.25) is 0 Å². The SMILES string of the molecule is CCCN1C[C@H](CS(C)=O)CC2c3cccc4[nH]cc(c34)C[C@H]21. The highest BCUT2D eigenvalue weighted by molar-refractivity contribution is 7.84. The average molecular weight is 330 g/mol. The predicted molar refractivity (Wildman–Crippen MR) is 97.4 cm³/mol. The van der Waals surface area contributed by atoms with Gasteiger partial charge < -0.3 is 4.98 Å². The minimum Gasteiger partial charge on any atom is -0.361 e. The van der Waals surface area contributed by atoms with E-state index >= 15 is 0 Å². The summed E-state index contributed by atoms with van der Waals surface area (Å²) in [6.45, 7) is 4.54. The number of nitrogens with zero attached hydrogens (tertiary/aromatic N) is 1. The number of hydrogen-bond donors (Lipinski definition) is 1. The second kappa shape index (κ2) is 6.06. The van der Waals surface area contributed by atoms with Gasteiger partial charge in [-0.1, -0.05) is 19.1 Å². The maximum atomic E-state index is 11.8. The largest absolute Gasteiger partial charge is 0.361 e. The summed E-state index contributed by atoms with van der Waals surface area (Å²) >= 11 is 0. The third-order valence-corrected chi connectivity index (χ3v) is 6.58. The number of aromatic amines is 1. The van der Waals surface area contributed by atoms with E-state index in [0.717, 1.165) is 25.3 Å². The molecule has 4 atom stereocenters. The third-order valence-electron chi connectivity index (χ3n) is 5.64. The van der Waals surface area contributed by atoms with Crippen molar-refractivity contribution in [2.24, 2.45) is 5.92 Å². The lowest BCUT2D eigenvalue weighted by Crippen LogP contribution is -2.51. The Balaban J connectivity index is 1.74. The summed E-state index contributed by atoms with van der Waals surface area (Å²) in [6, 6.07) is 7.32. The van der Waals surface area contributed by atoms with Crippen LogP contribution in [0, 0.1) is 5.92 Å². The summed E-state index contributed by atoms with van der Waals surface area (Å²) in [5, 5.41) is 1.46. The summed E-state index contributed by atoms with van der Waals surface area (Å²) in [5.74, 6) is 2.00. The molecule has 2 aliphatic rings. The van der Waals surface area contributed by atoms with Crippen molar-refractivity contribution in [1.29, 1.82) is 0 Å². The van der Waals surface area contributed by atoms with Crippen molar-refractivity contribution in [1.82, 2.24) is 9.88 Å². The Morgan fingerprint density at radius 1 is 1.39 bits per heavy atom. The van der Waals surface area contributed by atoms with Gasteiger partial charge in [0.1, 0.15) is 0 Å². The highest BCUT2D eigenvalue weighted by atomic mass is 32.2. The van der Waals surface area contributed by atoms with Crippen LogP contribution in [0.1, 0.15) is 36.8 Å². The van der Waals surface area contributed by atoms with Crippen LogP contribution in [0.15, 0.2) is 24.4 Å². The summed E-state index contributed by atoms with van der Waals surface area (Å²) in [5.41, 5.74) is 4.28. The minimum absolute atomic E-state index is 0.560. The second-order valence-electron chi connectivity index (χ2n) is 7.30. The molecule has 0 amide bonds. The molecular weight excluding hydrogens is 304 g/mol. The Labute approximate surface area is 140 Å². The summed E-state index contributed by atoms with van der Waals surface area (Å²) in [7, 11) is -0.701. The molecule has 2 unspecified atom stereocenters. The van der Waals surface area contributed by atoms with Crippen molar-refractivity contribution in [3.05, 3.63) is 35.5 Å². The molecule has 3 nitrogen and oxygen atoms in total. The molecule has 2 heterocycles. The molecule has 1 aliphatic heterocycles. The molecule has 1 N–H and O–H groups in total. The fourth-order valence-electron chi connectivity index (χ4n) is 4.90. The fourth-order valence-corrected chi connectivity index (χ4v) is 5.80. The molecule has 4 rings (SSSR count). The molecule has 1 aromatic carbocycles. The quantitative estimate of drug-likeness (QED) is 0.934. The average Bonchev–Trinajstić information content (AvgIpc) is 2.93. The Morgan fingerprint density at radius 2 is 2.26 bits per heavy atom. The molecule has 1 saturated heterocycles. The molecule has 0 spiro atoms. The zero-order chi connectivity index (χ0) is 16.0. The standard InChI is InChI=1S/C19H26N2OS/c1-3-7-21-11-13(12-23(2)22)8-16-15-5-4-6-17-19(15)14(10-20-17)9-18(16)21/h4-6,10,13,16,18,20H,3,7-9,11-12H2,1-2H3/t13-,16?,18-,23?/m1/s1. The summed E-state index contributed by atoms with van der Waals surface area (Å²) < 4.78 is 11.8. The first-order chi connectivity index (χ1) is 11.2. The van der Waals surface area contributed by atoms with Gasteiger partial charge >= 0.3 is 0 Å². The van der Waals surface area contributed by atoms with E-state index in [1.165, 1.54) is 34.9 Å². The number of likely N-dealkylation sites (tertiary alicyclic amines) is 1. The van der Waals surface area contributed by atoms with Crippen molar-refractivity contribution >= 4 is 21.7 Å². The van der Waals surface area contributed by atoms with Crippen molar-refractivity contribution in [2.45, 2.75) is 38.1 Å². The molecule has 23 heavy (non-hydrogen) atoms. The number of rotatable bonds is 4. The number of fused-ring (bicyclic) bond motifs is 2. The molecule has 0 bridgehead atoms. The van der Waals surface area contributed by atoms with E-state index in [1.807, 2.05) is 6.26 Å². The van der Waals surface area contributed by atoms with Crippen LogP contribution in [0.3, 0.4) is 0 Å². The van der Waals surface area contributed by atoms with Crippen molar-refractivity contribution < 1.29 is 4.21 Å². The smallest absolute Gasteiger partial charge is 0.0459 e. The maximum Gasteiger partial charge on any atom is 0.0459 e. The molecule has 0 radical (unpaired) electrons. The molecule has 124 valence electrons. The lowest BCUT2D eigenvalue weighted by atomic mass is 9.72. The molecular formula is C19H26N2OS. The van der Waals surface area contributed by atoms with Gasteiger partial charge in [-0.25, -0.2) is 0 Å². The lowest BCUT2D eigenvalue weighted by Gasteiger charge is -2.47. The van der Waals surface area contributed by atoms with Crippen LogP contribution < -0.4 is 0 Å². The van der Waals surface area contributed by atoms with E-state index in [9.17, 15) is 4.21 Å². The van der Waals surface area contributed by atoms with E-state index in [1.54, 1.807) is 0 Å². The van der Waals surface area contributed by atoms with E-state index in [2.05, 4.69) is 41.2 Å². The summed E-state index contributed by atoms with van der Waals surface area (Å²) in [6.07, 6.45) is 7.59. The zero-order valence-electron chi connectivity index (χ0n) is 14.0. The summed E-state index contributed by atoms with van der Waals surface area (Å²) in [4.78, 5) is 6.13. The lowest BCUT2D eigenvalue weighted by molar-refractivity contribution is 0.0923.